The Labute approximate surface area is 197 Å². The molecular formula is C28H24N2O2S. The fourth-order valence-corrected chi connectivity index (χ4v) is 5.41. The molecule has 33 heavy (non-hydrogen) atoms. The fourth-order valence-electron chi connectivity index (χ4n) is 4.19. The summed E-state index contributed by atoms with van der Waals surface area (Å²) in [6.45, 7) is 0.684. The maximum atomic E-state index is 12.9. The van der Waals surface area contributed by atoms with Crippen LogP contribution in [-0.2, 0) is 11.2 Å². The van der Waals surface area contributed by atoms with Gasteiger partial charge in [0.15, 0.2) is 0 Å². The number of benzene rings is 4. The quantitative estimate of drug-likeness (QED) is 0.396. The van der Waals surface area contributed by atoms with Crippen LogP contribution in [-0.4, -0.2) is 29.0 Å². The summed E-state index contributed by atoms with van der Waals surface area (Å²) in [5.41, 5.74) is 3.66. The zero-order valence-corrected chi connectivity index (χ0v) is 18.9. The zero-order chi connectivity index (χ0) is 22.6. The van der Waals surface area contributed by atoms with Crippen LogP contribution in [0.3, 0.4) is 0 Å². The molecule has 5 heteroatoms. The van der Waals surface area contributed by atoms with Gasteiger partial charge >= 0.3 is 0 Å². The molecule has 164 valence electrons. The molecule has 0 aliphatic carbocycles. The summed E-state index contributed by atoms with van der Waals surface area (Å²) in [6.07, 6.45) is 0.829. The summed E-state index contributed by atoms with van der Waals surface area (Å²) in [7, 11) is 0. The van der Waals surface area contributed by atoms with E-state index in [-0.39, 0.29) is 17.2 Å². The van der Waals surface area contributed by atoms with Gasteiger partial charge in [-0.15, -0.1) is 11.8 Å². The highest BCUT2D eigenvalue weighted by molar-refractivity contribution is 8.00. The van der Waals surface area contributed by atoms with Crippen LogP contribution in [0.1, 0.15) is 26.9 Å². The van der Waals surface area contributed by atoms with Crippen molar-refractivity contribution in [2.45, 2.75) is 11.8 Å². The number of nitrogens with one attached hydrogen (secondary N) is 1. The van der Waals surface area contributed by atoms with E-state index < -0.39 is 0 Å². The number of hydrogen-bond donors (Lipinski definition) is 1. The Morgan fingerprint density at radius 2 is 1.61 bits per heavy atom. The van der Waals surface area contributed by atoms with E-state index in [1.807, 2.05) is 89.8 Å². The Hall–Kier alpha value is -3.57. The van der Waals surface area contributed by atoms with Gasteiger partial charge in [-0.3, -0.25) is 9.59 Å². The minimum atomic E-state index is -0.144. The smallest absolute Gasteiger partial charge is 0.255 e. The van der Waals surface area contributed by atoms with Crippen LogP contribution < -0.4 is 5.32 Å². The summed E-state index contributed by atoms with van der Waals surface area (Å²) in [5.74, 6) is 0.510. The lowest BCUT2D eigenvalue weighted by atomic mass is 10.1. The molecule has 1 atom stereocenters. The molecule has 0 spiro atoms. The zero-order valence-electron chi connectivity index (χ0n) is 18.1. The standard InChI is InChI=1S/C28H24N2O2S/c31-26-19-33-28(30(26)18-17-20-7-2-1-3-8-20)23-15-13-22(14-16-23)27(32)29-25-12-6-10-21-9-4-5-11-24(21)25/h1-16,28H,17-19H2,(H,29,32)/t28-/m1/s1. The minimum absolute atomic E-state index is 0.0172. The maximum absolute atomic E-state index is 12.9. The van der Waals surface area contributed by atoms with Gasteiger partial charge in [0.1, 0.15) is 5.37 Å². The molecule has 5 rings (SSSR count). The summed E-state index contributed by atoms with van der Waals surface area (Å²) in [6, 6.07) is 31.7. The number of nitrogens with zero attached hydrogens (tertiary/aromatic N) is 1. The first-order valence-electron chi connectivity index (χ1n) is 11.0. The van der Waals surface area contributed by atoms with E-state index in [9.17, 15) is 9.59 Å². The van der Waals surface area contributed by atoms with E-state index in [1.54, 1.807) is 11.8 Å². The van der Waals surface area contributed by atoms with Crippen LogP contribution in [0, 0.1) is 0 Å². The lowest BCUT2D eigenvalue weighted by molar-refractivity contribution is -0.128. The molecule has 1 fully saturated rings. The molecule has 4 aromatic carbocycles. The van der Waals surface area contributed by atoms with Gasteiger partial charge in [0, 0.05) is 23.2 Å². The normalized spacial score (nSPS) is 15.7. The van der Waals surface area contributed by atoms with Crippen molar-refractivity contribution in [2.24, 2.45) is 0 Å². The van der Waals surface area contributed by atoms with E-state index in [0.717, 1.165) is 28.4 Å². The first kappa shape index (κ1) is 21.3. The number of rotatable bonds is 6. The van der Waals surface area contributed by atoms with Gasteiger partial charge in [0.2, 0.25) is 5.91 Å². The third-order valence-electron chi connectivity index (χ3n) is 5.95. The van der Waals surface area contributed by atoms with Gasteiger partial charge in [0.25, 0.3) is 5.91 Å². The van der Waals surface area contributed by atoms with Gasteiger partial charge in [0.05, 0.1) is 5.75 Å². The number of anilines is 1. The Kier molecular flexibility index (Phi) is 6.13. The van der Waals surface area contributed by atoms with Gasteiger partial charge in [-0.2, -0.15) is 0 Å². The molecule has 1 aliphatic rings. The van der Waals surface area contributed by atoms with Crippen molar-refractivity contribution in [3.8, 4) is 0 Å². The van der Waals surface area contributed by atoms with Crippen molar-refractivity contribution < 1.29 is 9.59 Å². The third kappa shape index (κ3) is 4.64. The van der Waals surface area contributed by atoms with Gasteiger partial charge in [-0.05, 0) is 41.1 Å². The summed E-state index contributed by atoms with van der Waals surface area (Å²) in [4.78, 5) is 27.3. The average Bonchev–Trinajstić information content (AvgIpc) is 3.24. The SMILES string of the molecule is O=C(Nc1cccc2ccccc12)c1ccc([C@H]2SCC(=O)N2CCc2ccccc2)cc1. The summed E-state index contributed by atoms with van der Waals surface area (Å²) < 4.78 is 0. The molecule has 1 saturated heterocycles. The second kappa shape index (κ2) is 9.51. The lowest BCUT2D eigenvalue weighted by Crippen LogP contribution is -2.30. The third-order valence-corrected chi connectivity index (χ3v) is 7.20. The second-order valence-corrected chi connectivity index (χ2v) is 9.16. The number of fused-ring (bicyclic) bond motifs is 1. The predicted octanol–water partition coefficient (Wildman–Crippen LogP) is 5.91. The van der Waals surface area contributed by atoms with Crippen molar-refractivity contribution in [1.82, 2.24) is 4.90 Å². The molecule has 1 heterocycles. The monoisotopic (exact) mass is 452 g/mol. The van der Waals surface area contributed by atoms with E-state index in [2.05, 4.69) is 17.4 Å². The van der Waals surface area contributed by atoms with Gasteiger partial charge < -0.3 is 10.2 Å². The first-order chi connectivity index (χ1) is 16.2. The van der Waals surface area contributed by atoms with Crippen molar-refractivity contribution in [3.63, 3.8) is 0 Å². The largest absolute Gasteiger partial charge is 0.326 e. The van der Waals surface area contributed by atoms with Crippen LogP contribution in [0.2, 0.25) is 0 Å². The van der Waals surface area contributed by atoms with Crippen LogP contribution in [0.15, 0.2) is 97.1 Å². The second-order valence-electron chi connectivity index (χ2n) is 8.09. The Bertz CT molecular complexity index is 1280. The highest BCUT2D eigenvalue weighted by Gasteiger charge is 2.32. The maximum Gasteiger partial charge on any atom is 0.255 e. The number of carbonyl (C=O) groups excluding carboxylic acids is 2. The predicted molar refractivity (Wildman–Crippen MR) is 135 cm³/mol. The highest BCUT2D eigenvalue weighted by Crippen LogP contribution is 2.38. The van der Waals surface area contributed by atoms with Crippen molar-refractivity contribution >= 4 is 40.0 Å². The first-order valence-corrected chi connectivity index (χ1v) is 12.1. The Morgan fingerprint density at radius 3 is 2.42 bits per heavy atom. The molecule has 0 saturated carbocycles. The minimum Gasteiger partial charge on any atom is -0.326 e. The average molecular weight is 453 g/mol. The molecular weight excluding hydrogens is 428 g/mol. The molecule has 0 bridgehead atoms. The lowest BCUT2D eigenvalue weighted by Gasteiger charge is -2.24. The topological polar surface area (TPSA) is 49.4 Å². The van der Waals surface area contributed by atoms with Crippen molar-refractivity contribution in [3.05, 3.63) is 114 Å². The molecule has 0 unspecified atom stereocenters. The Morgan fingerprint density at radius 1 is 0.879 bits per heavy atom. The van der Waals surface area contributed by atoms with Crippen LogP contribution >= 0.6 is 11.8 Å². The molecule has 4 nitrogen and oxygen atoms in total. The number of hydrogen-bond acceptors (Lipinski definition) is 3. The van der Waals surface area contributed by atoms with Crippen molar-refractivity contribution in [2.75, 3.05) is 17.6 Å². The number of thioether (sulfide) groups is 1. The van der Waals surface area contributed by atoms with Gasteiger partial charge in [-0.25, -0.2) is 0 Å². The van der Waals surface area contributed by atoms with Gasteiger partial charge in [-0.1, -0.05) is 78.9 Å². The fraction of sp³-hybridized carbons (Fsp3) is 0.143. The molecule has 1 N–H and O–H groups in total. The number of carbonyl (C=O) groups is 2. The number of amides is 2. The molecule has 0 aromatic heterocycles. The van der Waals surface area contributed by atoms with Crippen molar-refractivity contribution in [1.29, 1.82) is 0 Å². The highest BCUT2D eigenvalue weighted by atomic mass is 32.2. The van der Waals surface area contributed by atoms with Crippen LogP contribution in [0.25, 0.3) is 10.8 Å². The molecule has 0 radical (unpaired) electrons. The molecule has 1 aliphatic heterocycles. The van der Waals surface area contributed by atoms with E-state index in [4.69, 9.17) is 0 Å². The van der Waals surface area contributed by atoms with E-state index in [1.165, 1.54) is 5.56 Å². The van der Waals surface area contributed by atoms with E-state index in [0.29, 0.717) is 17.9 Å². The van der Waals surface area contributed by atoms with Crippen LogP contribution in [0.4, 0.5) is 5.69 Å². The van der Waals surface area contributed by atoms with Crippen LogP contribution in [0.5, 0.6) is 0 Å². The molecule has 2 amide bonds. The molecule has 4 aromatic rings. The summed E-state index contributed by atoms with van der Waals surface area (Å²) in [5, 5.41) is 5.12. The summed E-state index contributed by atoms with van der Waals surface area (Å²) >= 11 is 1.64. The van der Waals surface area contributed by atoms with E-state index >= 15 is 0 Å². The Balaban J connectivity index is 1.29.